The number of phosphoric ester groups is 1. The second-order valence-electron chi connectivity index (χ2n) is 12.8. The lowest BCUT2D eigenvalue weighted by molar-refractivity contribution is -0.161. The van der Waals surface area contributed by atoms with Crippen LogP contribution in [-0.4, -0.2) is 49.3 Å². The van der Waals surface area contributed by atoms with E-state index >= 15 is 0 Å². The molecule has 282 valence electrons. The van der Waals surface area contributed by atoms with Crippen molar-refractivity contribution in [3.05, 3.63) is 24.3 Å². The molecule has 0 aliphatic carbocycles. The average molecular weight is 702 g/mol. The lowest BCUT2D eigenvalue weighted by Crippen LogP contribution is -2.29. The van der Waals surface area contributed by atoms with E-state index in [1.807, 2.05) is 0 Å². The number of phosphoric acid groups is 1. The number of rotatable bonds is 36. The van der Waals surface area contributed by atoms with Gasteiger partial charge in [-0.2, -0.15) is 0 Å². The maximum absolute atomic E-state index is 12.5. The predicted octanol–water partition coefficient (Wildman–Crippen LogP) is 10.4. The molecule has 0 rings (SSSR count). The van der Waals surface area contributed by atoms with Crippen molar-refractivity contribution in [1.82, 2.24) is 0 Å². The number of carbonyl (C=O) groups is 2. The Kier molecular flexibility index (Phi) is 34.2. The van der Waals surface area contributed by atoms with Crippen molar-refractivity contribution in [2.24, 2.45) is 5.73 Å². The third kappa shape index (κ3) is 34.4. The van der Waals surface area contributed by atoms with Crippen LogP contribution in [0.25, 0.3) is 0 Å². The van der Waals surface area contributed by atoms with E-state index in [9.17, 15) is 19.0 Å². The smallest absolute Gasteiger partial charge is 0.462 e. The molecule has 3 N–H and O–H groups in total. The molecule has 0 aromatic rings. The molecule has 0 aliphatic rings. The van der Waals surface area contributed by atoms with E-state index in [1.165, 1.54) is 70.6 Å². The number of hydrogen-bond acceptors (Lipinski definition) is 8. The normalized spacial score (nSPS) is 13.7. The Balaban J connectivity index is 4.22. The van der Waals surface area contributed by atoms with Crippen molar-refractivity contribution in [2.75, 3.05) is 26.4 Å². The van der Waals surface area contributed by atoms with Gasteiger partial charge in [0.2, 0.25) is 0 Å². The predicted molar refractivity (Wildman–Crippen MR) is 197 cm³/mol. The van der Waals surface area contributed by atoms with Crippen molar-refractivity contribution in [3.63, 3.8) is 0 Å². The Morgan fingerprint density at radius 2 is 1.02 bits per heavy atom. The van der Waals surface area contributed by atoms with Gasteiger partial charge in [0.05, 0.1) is 13.2 Å². The van der Waals surface area contributed by atoms with Crippen molar-refractivity contribution < 1.29 is 37.6 Å². The second-order valence-corrected chi connectivity index (χ2v) is 14.2. The number of nitrogens with two attached hydrogens (primary N) is 1. The monoisotopic (exact) mass is 701 g/mol. The highest BCUT2D eigenvalue weighted by molar-refractivity contribution is 7.47. The molecule has 0 spiro atoms. The molecule has 0 radical (unpaired) electrons. The van der Waals surface area contributed by atoms with Gasteiger partial charge in [-0.1, -0.05) is 122 Å². The SMILES string of the molecule is CCCCC/C=C/CCCCCCCC(=O)O[C@H](COC(=O)CCCCCCCCC/C=C/CCCCCC)COP(=O)(O)OCCN. The highest BCUT2D eigenvalue weighted by Crippen LogP contribution is 2.43. The van der Waals surface area contributed by atoms with Crippen LogP contribution < -0.4 is 5.73 Å². The van der Waals surface area contributed by atoms with Gasteiger partial charge in [-0.15, -0.1) is 0 Å². The summed E-state index contributed by atoms with van der Waals surface area (Å²) in [6.45, 7) is 3.67. The first kappa shape index (κ1) is 46.5. The van der Waals surface area contributed by atoms with Crippen LogP contribution >= 0.6 is 7.82 Å². The fourth-order valence-corrected chi connectivity index (χ4v) is 5.92. The minimum Gasteiger partial charge on any atom is -0.462 e. The Hall–Kier alpha value is -1.51. The van der Waals surface area contributed by atoms with Crippen molar-refractivity contribution in [1.29, 1.82) is 0 Å². The van der Waals surface area contributed by atoms with Crippen LogP contribution in [-0.2, 0) is 32.7 Å². The molecule has 0 aromatic heterocycles. The molecule has 0 saturated heterocycles. The van der Waals surface area contributed by atoms with Crippen molar-refractivity contribution in [2.45, 2.75) is 180 Å². The fourth-order valence-electron chi connectivity index (χ4n) is 5.15. The fraction of sp³-hybridized carbons (Fsp3) is 0.842. The lowest BCUT2D eigenvalue weighted by atomic mass is 10.1. The van der Waals surface area contributed by atoms with Crippen LogP contribution in [0.15, 0.2) is 24.3 Å². The Bertz CT molecular complexity index is 851. The highest BCUT2D eigenvalue weighted by atomic mass is 31.2. The Morgan fingerprint density at radius 3 is 1.52 bits per heavy atom. The molecule has 0 saturated carbocycles. The maximum atomic E-state index is 12.5. The van der Waals surface area contributed by atoms with Gasteiger partial charge >= 0.3 is 19.8 Å². The lowest BCUT2D eigenvalue weighted by Gasteiger charge is -2.19. The van der Waals surface area contributed by atoms with Crippen LogP contribution in [0.3, 0.4) is 0 Å². The molecule has 10 heteroatoms. The summed E-state index contributed by atoms with van der Waals surface area (Å²) in [4.78, 5) is 34.7. The standard InChI is InChI=1S/C38H72NO8P/c1-3-5-7-9-11-13-15-17-18-19-21-22-24-26-28-30-37(40)44-34-36(35-46-48(42,43)45-33-32-39)47-38(41)31-29-27-25-23-20-16-14-12-10-8-6-4-2/h12-15,36H,3-11,16-35,39H2,1-2H3,(H,42,43)/b14-12+,15-13+/t36-/m1/s1. The van der Waals surface area contributed by atoms with Gasteiger partial charge in [-0.05, 0) is 64.2 Å². The third-order valence-electron chi connectivity index (χ3n) is 8.06. The van der Waals surface area contributed by atoms with E-state index in [0.29, 0.717) is 6.42 Å². The van der Waals surface area contributed by atoms with E-state index in [0.717, 1.165) is 70.6 Å². The topological polar surface area (TPSA) is 134 Å². The molecule has 0 heterocycles. The van der Waals surface area contributed by atoms with Crippen molar-refractivity contribution >= 4 is 19.8 Å². The molecular formula is C38H72NO8P. The van der Waals surface area contributed by atoms with Gasteiger partial charge in [-0.25, -0.2) is 4.57 Å². The number of hydrogen-bond donors (Lipinski definition) is 2. The summed E-state index contributed by atoms with van der Waals surface area (Å²) in [5.74, 6) is -0.844. The number of esters is 2. The summed E-state index contributed by atoms with van der Waals surface area (Å²) in [5, 5.41) is 0. The first-order valence-corrected chi connectivity index (χ1v) is 20.8. The van der Waals surface area contributed by atoms with E-state index in [2.05, 4.69) is 38.2 Å². The van der Waals surface area contributed by atoms with Gasteiger partial charge in [0.1, 0.15) is 6.61 Å². The molecular weight excluding hydrogens is 629 g/mol. The molecule has 48 heavy (non-hydrogen) atoms. The highest BCUT2D eigenvalue weighted by Gasteiger charge is 2.25. The summed E-state index contributed by atoms with van der Waals surface area (Å²) in [5.41, 5.74) is 5.33. The number of ether oxygens (including phenoxy) is 2. The summed E-state index contributed by atoms with van der Waals surface area (Å²) >= 11 is 0. The maximum Gasteiger partial charge on any atom is 0.472 e. The molecule has 1 unspecified atom stereocenters. The second kappa shape index (κ2) is 35.3. The molecule has 9 nitrogen and oxygen atoms in total. The molecule has 0 aromatic carbocycles. The summed E-state index contributed by atoms with van der Waals surface area (Å²) < 4.78 is 32.6. The van der Waals surface area contributed by atoms with E-state index in [-0.39, 0.29) is 38.6 Å². The largest absolute Gasteiger partial charge is 0.472 e. The van der Waals surface area contributed by atoms with Crippen LogP contribution in [0.2, 0.25) is 0 Å². The Labute approximate surface area is 293 Å². The van der Waals surface area contributed by atoms with Crippen LogP contribution in [0, 0.1) is 0 Å². The average Bonchev–Trinajstić information content (AvgIpc) is 3.07. The van der Waals surface area contributed by atoms with Gasteiger partial charge in [0, 0.05) is 19.4 Å². The minimum absolute atomic E-state index is 0.0522. The quantitative estimate of drug-likeness (QED) is 0.0283. The molecule has 0 amide bonds. The summed E-state index contributed by atoms with van der Waals surface area (Å²) in [7, 11) is -4.37. The zero-order valence-corrected chi connectivity index (χ0v) is 31.6. The summed E-state index contributed by atoms with van der Waals surface area (Å²) in [6, 6.07) is 0. The van der Waals surface area contributed by atoms with Crippen LogP contribution in [0.4, 0.5) is 0 Å². The zero-order chi connectivity index (χ0) is 35.4. The van der Waals surface area contributed by atoms with E-state index in [4.69, 9.17) is 24.3 Å². The van der Waals surface area contributed by atoms with Gasteiger partial charge in [0.15, 0.2) is 6.10 Å². The first-order chi connectivity index (χ1) is 23.3. The third-order valence-corrected chi connectivity index (χ3v) is 9.04. The van der Waals surface area contributed by atoms with Gasteiger partial charge < -0.3 is 20.1 Å². The van der Waals surface area contributed by atoms with E-state index in [1.54, 1.807) is 0 Å². The Morgan fingerprint density at radius 1 is 0.604 bits per heavy atom. The zero-order valence-electron chi connectivity index (χ0n) is 30.7. The summed E-state index contributed by atoms with van der Waals surface area (Å²) in [6.07, 6.45) is 34.9. The van der Waals surface area contributed by atoms with E-state index < -0.39 is 26.5 Å². The number of unbranched alkanes of at least 4 members (excludes halogenated alkanes) is 19. The number of allylic oxidation sites excluding steroid dienone is 4. The molecule has 0 fully saturated rings. The molecule has 0 bridgehead atoms. The van der Waals surface area contributed by atoms with Crippen LogP contribution in [0.1, 0.15) is 174 Å². The molecule has 0 aliphatic heterocycles. The van der Waals surface area contributed by atoms with Gasteiger partial charge in [0.25, 0.3) is 0 Å². The van der Waals surface area contributed by atoms with Crippen LogP contribution in [0.5, 0.6) is 0 Å². The minimum atomic E-state index is -4.37. The number of carbonyl (C=O) groups excluding carboxylic acids is 2. The first-order valence-electron chi connectivity index (χ1n) is 19.3. The van der Waals surface area contributed by atoms with Gasteiger partial charge in [-0.3, -0.25) is 18.6 Å². The van der Waals surface area contributed by atoms with Crippen molar-refractivity contribution in [3.8, 4) is 0 Å². The molecule has 2 atom stereocenters.